The Kier molecular flexibility index (Phi) is 5.57. The number of halogens is 1. The van der Waals surface area contributed by atoms with E-state index in [0.29, 0.717) is 22.1 Å². The van der Waals surface area contributed by atoms with Crippen molar-refractivity contribution >= 4 is 34.8 Å². The van der Waals surface area contributed by atoms with Crippen LogP contribution in [0.1, 0.15) is 21.6 Å². The van der Waals surface area contributed by atoms with E-state index in [4.69, 9.17) is 16.3 Å². The molecular weight excluding hydrogens is 364 g/mol. The fraction of sp³-hybridized carbons (Fsp3) is 0.150. The summed E-state index contributed by atoms with van der Waals surface area (Å²) in [6, 6.07) is 12.5. The Morgan fingerprint density at radius 1 is 1.07 bits per heavy atom. The quantitative estimate of drug-likeness (QED) is 0.665. The van der Waals surface area contributed by atoms with Crippen LogP contribution in [-0.4, -0.2) is 23.0 Å². The van der Waals surface area contributed by atoms with Crippen molar-refractivity contribution in [2.24, 2.45) is 0 Å². The number of carbonyl (C=O) groups is 1. The minimum Gasteiger partial charge on any atom is -0.495 e. The predicted octanol–water partition coefficient (Wildman–Crippen LogP) is 4.75. The smallest absolute Gasteiger partial charge is 0.274 e. The Bertz CT molecular complexity index is 991. The van der Waals surface area contributed by atoms with Crippen LogP contribution in [0.3, 0.4) is 0 Å². The summed E-state index contributed by atoms with van der Waals surface area (Å²) in [5.41, 5.74) is 3.83. The van der Waals surface area contributed by atoms with E-state index in [9.17, 15) is 4.79 Å². The molecule has 3 rings (SSSR count). The summed E-state index contributed by atoms with van der Waals surface area (Å²) in [5.74, 6) is 0.540. The fourth-order valence-electron chi connectivity index (χ4n) is 2.46. The van der Waals surface area contributed by atoms with Crippen LogP contribution in [0, 0.1) is 13.8 Å². The molecule has 0 radical (unpaired) electrons. The molecule has 0 aliphatic rings. The lowest BCUT2D eigenvalue weighted by atomic mass is 10.1. The summed E-state index contributed by atoms with van der Waals surface area (Å²) >= 11 is 6.04. The van der Waals surface area contributed by atoms with Gasteiger partial charge in [0.2, 0.25) is 5.95 Å². The monoisotopic (exact) mass is 382 g/mol. The van der Waals surface area contributed by atoms with Crippen molar-refractivity contribution in [2.45, 2.75) is 13.8 Å². The summed E-state index contributed by atoms with van der Waals surface area (Å²) in [7, 11) is 1.56. The van der Waals surface area contributed by atoms with Crippen molar-refractivity contribution in [3.63, 3.8) is 0 Å². The lowest BCUT2D eigenvalue weighted by Gasteiger charge is -2.11. The molecule has 7 heteroatoms. The van der Waals surface area contributed by atoms with Crippen molar-refractivity contribution in [2.75, 3.05) is 17.7 Å². The summed E-state index contributed by atoms with van der Waals surface area (Å²) in [4.78, 5) is 20.9. The molecule has 1 heterocycles. The molecule has 0 atom stereocenters. The second-order valence-corrected chi connectivity index (χ2v) is 6.42. The number of nitrogens with one attached hydrogen (secondary N) is 2. The molecule has 0 unspecified atom stereocenters. The first-order valence-corrected chi connectivity index (χ1v) is 8.66. The molecule has 2 aromatic carbocycles. The first-order valence-electron chi connectivity index (χ1n) is 8.28. The van der Waals surface area contributed by atoms with Crippen LogP contribution in [0.4, 0.5) is 17.3 Å². The maximum absolute atomic E-state index is 12.5. The number of hydrogen-bond donors (Lipinski definition) is 2. The third kappa shape index (κ3) is 4.54. The van der Waals surface area contributed by atoms with Crippen molar-refractivity contribution in [1.82, 2.24) is 9.97 Å². The number of nitrogens with zero attached hydrogens (tertiary/aromatic N) is 2. The maximum atomic E-state index is 12.5. The van der Waals surface area contributed by atoms with Gasteiger partial charge in [0.15, 0.2) is 0 Å². The number of carbonyl (C=O) groups excluding carboxylic acids is 1. The fourth-order valence-corrected chi connectivity index (χ4v) is 2.63. The molecule has 0 bridgehead atoms. The zero-order chi connectivity index (χ0) is 19.4. The van der Waals surface area contributed by atoms with Crippen LogP contribution in [-0.2, 0) is 0 Å². The molecule has 27 heavy (non-hydrogen) atoms. The lowest BCUT2D eigenvalue weighted by Crippen LogP contribution is -2.15. The van der Waals surface area contributed by atoms with E-state index < -0.39 is 0 Å². The molecule has 1 amide bonds. The highest BCUT2D eigenvalue weighted by molar-refractivity contribution is 6.31. The zero-order valence-corrected chi connectivity index (χ0v) is 16.0. The van der Waals surface area contributed by atoms with Gasteiger partial charge in [0.1, 0.15) is 11.4 Å². The highest BCUT2D eigenvalue weighted by atomic mass is 35.5. The standard InChI is InChI=1S/C20H19ClN4O2/c1-12-4-6-15(10-13(12)2)23-19(26)16-8-9-22-20(24-16)25-17-11-14(21)5-7-18(17)27-3/h4-11H,1-3H3,(H,23,26)(H,22,24,25). The van der Waals surface area contributed by atoms with Crippen molar-refractivity contribution in [3.05, 3.63) is 70.5 Å². The van der Waals surface area contributed by atoms with E-state index in [0.717, 1.165) is 11.1 Å². The average Bonchev–Trinajstić information content (AvgIpc) is 2.65. The number of methoxy groups -OCH3 is 1. The highest BCUT2D eigenvalue weighted by Gasteiger charge is 2.11. The Balaban J connectivity index is 1.80. The van der Waals surface area contributed by atoms with Crippen molar-refractivity contribution < 1.29 is 9.53 Å². The van der Waals surface area contributed by atoms with Crippen LogP contribution < -0.4 is 15.4 Å². The second-order valence-electron chi connectivity index (χ2n) is 5.99. The summed E-state index contributed by atoms with van der Waals surface area (Å²) in [6.07, 6.45) is 1.52. The first kappa shape index (κ1) is 18.7. The number of aromatic nitrogens is 2. The van der Waals surface area contributed by atoms with Gasteiger partial charge < -0.3 is 15.4 Å². The van der Waals surface area contributed by atoms with E-state index in [1.165, 1.54) is 6.20 Å². The van der Waals surface area contributed by atoms with Gasteiger partial charge in [-0.05, 0) is 61.4 Å². The van der Waals surface area contributed by atoms with Crippen molar-refractivity contribution in [1.29, 1.82) is 0 Å². The minimum absolute atomic E-state index is 0.242. The molecule has 0 spiro atoms. The SMILES string of the molecule is COc1ccc(Cl)cc1Nc1nccc(C(=O)Nc2ccc(C)c(C)c2)n1. The molecule has 1 aromatic heterocycles. The summed E-state index contributed by atoms with van der Waals surface area (Å²) in [6.45, 7) is 4.02. The molecule has 138 valence electrons. The highest BCUT2D eigenvalue weighted by Crippen LogP contribution is 2.29. The molecule has 0 saturated heterocycles. The number of aryl methyl sites for hydroxylation is 2. The maximum Gasteiger partial charge on any atom is 0.274 e. The first-order chi connectivity index (χ1) is 13.0. The van der Waals surface area contributed by atoms with Gasteiger partial charge in [-0.3, -0.25) is 4.79 Å². The molecule has 3 aromatic rings. The zero-order valence-electron chi connectivity index (χ0n) is 15.2. The van der Waals surface area contributed by atoms with E-state index >= 15 is 0 Å². The van der Waals surface area contributed by atoms with E-state index in [-0.39, 0.29) is 17.5 Å². The van der Waals surface area contributed by atoms with Gasteiger partial charge in [-0.15, -0.1) is 0 Å². The molecule has 0 saturated carbocycles. The van der Waals surface area contributed by atoms with Gasteiger partial charge in [0.05, 0.1) is 12.8 Å². The largest absolute Gasteiger partial charge is 0.495 e. The number of benzene rings is 2. The molecule has 2 N–H and O–H groups in total. The Hall–Kier alpha value is -3.12. The third-order valence-electron chi connectivity index (χ3n) is 4.06. The van der Waals surface area contributed by atoms with Crippen LogP contribution >= 0.6 is 11.6 Å². The predicted molar refractivity (Wildman–Crippen MR) is 107 cm³/mol. The summed E-state index contributed by atoms with van der Waals surface area (Å²) in [5, 5.41) is 6.42. The van der Waals surface area contributed by atoms with E-state index in [1.54, 1.807) is 31.4 Å². The minimum atomic E-state index is -0.318. The van der Waals surface area contributed by atoms with Gasteiger partial charge >= 0.3 is 0 Å². The number of anilines is 3. The van der Waals surface area contributed by atoms with Crippen LogP contribution in [0.5, 0.6) is 5.75 Å². The van der Waals surface area contributed by atoms with Crippen LogP contribution in [0.25, 0.3) is 0 Å². The molecule has 0 aliphatic heterocycles. The summed E-state index contributed by atoms with van der Waals surface area (Å²) < 4.78 is 5.29. The normalized spacial score (nSPS) is 10.4. The van der Waals surface area contributed by atoms with E-state index in [2.05, 4.69) is 20.6 Å². The number of amides is 1. The lowest BCUT2D eigenvalue weighted by molar-refractivity contribution is 0.102. The van der Waals surface area contributed by atoms with Gasteiger partial charge in [-0.1, -0.05) is 17.7 Å². The number of hydrogen-bond acceptors (Lipinski definition) is 5. The molecule has 0 aliphatic carbocycles. The van der Waals surface area contributed by atoms with Crippen molar-refractivity contribution in [3.8, 4) is 5.75 Å². The Morgan fingerprint density at radius 2 is 1.89 bits per heavy atom. The van der Waals surface area contributed by atoms with Gasteiger partial charge in [-0.2, -0.15) is 0 Å². The molecule has 0 fully saturated rings. The van der Waals surface area contributed by atoms with Gasteiger partial charge in [-0.25, -0.2) is 9.97 Å². The van der Waals surface area contributed by atoms with Gasteiger partial charge in [0.25, 0.3) is 5.91 Å². The number of ether oxygens (including phenoxy) is 1. The average molecular weight is 383 g/mol. The molecule has 6 nitrogen and oxygen atoms in total. The van der Waals surface area contributed by atoms with E-state index in [1.807, 2.05) is 32.0 Å². The Morgan fingerprint density at radius 3 is 2.63 bits per heavy atom. The van der Waals surface area contributed by atoms with Crippen LogP contribution in [0.15, 0.2) is 48.7 Å². The molecular formula is C20H19ClN4O2. The third-order valence-corrected chi connectivity index (χ3v) is 4.30. The van der Waals surface area contributed by atoms with Gasteiger partial charge in [0, 0.05) is 16.9 Å². The topological polar surface area (TPSA) is 76.1 Å². The van der Waals surface area contributed by atoms with Crippen LogP contribution in [0.2, 0.25) is 5.02 Å². The second kappa shape index (κ2) is 8.05. The number of rotatable bonds is 5. The Labute approximate surface area is 162 Å².